The van der Waals surface area contributed by atoms with Gasteiger partial charge in [-0.1, -0.05) is 0 Å². The summed E-state index contributed by atoms with van der Waals surface area (Å²) < 4.78 is 10.1. The molecule has 0 radical (unpaired) electrons. The van der Waals surface area contributed by atoms with Crippen LogP contribution in [-0.4, -0.2) is 22.6 Å². The van der Waals surface area contributed by atoms with E-state index in [0.717, 1.165) is 0 Å². The first-order valence-electron chi connectivity index (χ1n) is 6.64. The second-order valence-electron chi connectivity index (χ2n) is 5.49. The molecule has 22 heavy (non-hydrogen) atoms. The third-order valence-corrected chi connectivity index (χ3v) is 2.40. The minimum atomic E-state index is -0.590. The van der Waals surface area contributed by atoms with Crippen molar-refractivity contribution in [3.63, 3.8) is 0 Å². The third kappa shape index (κ3) is 4.62. The van der Waals surface area contributed by atoms with Crippen LogP contribution in [0.3, 0.4) is 0 Å². The maximum atomic E-state index is 11.8. The standard InChI is InChI=1S/C15H17N3O4/c1-15(2,3)22-14(20)18-12-7-6-10(9-16-12)17-13(19)11-5-4-8-21-11/h4-9H,1-3H3,(H,17,19)(H,16,18,20). The van der Waals surface area contributed by atoms with Crippen molar-refractivity contribution in [2.45, 2.75) is 26.4 Å². The summed E-state index contributed by atoms with van der Waals surface area (Å²) in [5, 5.41) is 5.13. The smallest absolute Gasteiger partial charge is 0.413 e. The number of hydrogen-bond donors (Lipinski definition) is 2. The lowest BCUT2D eigenvalue weighted by Gasteiger charge is -2.19. The van der Waals surface area contributed by atoms with Gasteiger partial charge in [-0.25, -0.2) is 9.78 Å². The molecule has 2 aromatic rings. The molecule has 116 valence electrons. The van der Waals surface area contributed by atoms with Crippen LogP contribution in [0.15, 0.2) is 41.1 Å². The van der Waals surface area contributed by atoms with E-state index in [4.69, 9.17) is 9.15 Å². The van der Waals surface area contributed by atoms with Crippen LogP contribution in [0, 0.1) is 0 Å². The molecule has 0 aliphatic rings. The highest BCUT2D eigenvalue weighted by molar-refractivity contribution is 6.02. The Kier molecular flexibility index (Phi) is 4.45. The molecule has 0 saturated carbocycles. The van der Waals surface area contributed by atoms with Gasteiger partial charge in [-0.05, 0) is 45.0 Å². The highest BCUT2D eigenvalue weighted by Crippen LogP contribution is 2.13. The van der Waals surface area contributed by atoms with Crippen LogP contribution in [0.25, 0.3) is 0 Å². The van der Waals surface area contributed by atoms with Gasteiger partial charge >= 0.3 is 6.09 Å². The molecule has 0 aromatic carbocycles. The van der Waals surface area contributed by atoms with Gasteiger partial charge in [0.15, 0.2) is 5.76 Å². The number of furan rings is 1. The molecule has 0 aliphatic heterocycles. The van der Waals surface area contributed by atoms with Crippen LogP contribution in [0.5, 0.6) is 0 Å². The summed E-state index contributed by atoms with van der Waals surface area (Å²) >= 11 is 0. The monoisotopic (exact) mass is 303 g/mol. The molecule has 2 amide bonds. The van der Waals surface area contributed by atoms with Crippen LogP contribution >= 0.6 is 0 Å². The minimum absolute atomic E-state index is 0.205. The Morgan fingerprint density at radius 2 is 1.95 bits per heavy atom. The Morgan fingerprint density at radius 3 is 2.50 bits per heavy atom. The van der Waals surface area contributed by atoms with Crippen molar-refractivity contribution < 1.29 is 18.7 Å². The zero-order valence-electron chi connectivity index (χ0n) is 12.5. The van der Waals surface area contributed by atoms with E-state index in [1.807, 2.05) is 0 Å². The molecule has 0 saturated heterocycles. The van der Waals surface area contributed by atoms with Gasteiger partial charge in [0.2, 0.25) is 0 Å². The zero-order chi connectivity index (χ0) is 16.2. The summed E-state index contributed by atoms with van der Waals surface area (Å²) in [7, 11) is 0. The fraction of sp³-hybridized carbons (Fsp3) is 0.267. The number of ether oxygens (including phenoxy) is 1. The summed E-state index contributed by atoms with van der Waals surface area (Å²) in [6.45, 7) is 5.31. The van der Waals surface area contributed by atoms with Gasteiger partial charge in [-0.3, -0.25) is 10.1 Å². The summed E-state index contributed by atoms with van der Waals surface area (Å²) in [5.41, 5.74) is -0.0998. The number of amides is 2. The van der Waals surface area contributed by atoms with Gasteiger partial charge in [0.1, 0.15) is 11.4 Å². The van der Waals surface area contributed by atoms with E-state index in [9.17, 15) is 9.59 Å². The van der Waals surface area contributed by atoms with Gasteiger partial charge in [0.05, 0.1) is 18.1 Å². The van der Waals surface area contributed by atoms with Crippen molar-refractivity contribution in [2.75, 3.05) is 10.6 Å². The summed E-state index contributed by atoms with van der Waals surface area (Å²) in [5.74, 6) is 0.154. The van der Waals surface area contributed by atoms with Crippen LogP contribution in [0.1, 0.15) is 31.3 Å². The Hall–Kier alpha value is -2.83. The lowest BCUT2D eigenvalue weighted by atomic mass is 10.2. The molecule has 7 nitrogen and oxygen atoms in total. The van der Waals surface area contributed by atoms with E-state index in [1.165, 1.54) is 12.5 Å². The molecular weight excluding hydrogens is 286 g/mol. The maximum absolute atomic E-state index is 11.8. The van der Waals surface area contributed by atoms with E-state index in [2.05, 4.69) is 15.6 Å². The van der Waals surface area contributed by atoms with E-state index in [1.54, 1.807) is 45.0 Å². The number of pyridine rings is 1. The predicted molar refractivity (Wildman–Crippen MR) is 80.8 cm³/mol. The molecule has 0 spiro atoms. The zero-order valence-corrected chi connectivity index (χ0v) is 12.5. The second kappa shape index (κ2) is 6.30. The summed E-state index contributed by atoms with van der Waals surface area (Å²) in [6.07, 6.45) is 2.25. The molecule has 0 unspecified atom stereocenters. The Bertz CT molecular complexity index is 642. The van der Waals surface area contributed by atoms with E-state index >= 15 is 0 Å². The predicted octanol–water partition coefficient (Wildman–Crippen LogP) is 3.27. The Labute approximate surface area is 127 Å². The third-order valence-electron chi connectivity index (χ3n) is 2.40. The number of nitrogens with one attached hydrogen (secondary N) is 2. The number of carbonyl (C=O) groups is 2. The van der Waals surface area contributed by atoms with Crippen molar-refractivity contribution >= 4 is 23.5 Å². The van der Waals surface area contributed by atoms with Gasteiger partial charge < -0.3 is 14.5 Å². The molecule has 0 atom stereocenters. The quantitative estimate of drug-likeness (QED) is 0.907. The number of hydrogen-bond acceptors (Lipinski definition) is 5. The largest absolute Gasteiger partial charge is 0.459 e. The van der Waals surface area contributed by atoms with Gasteiger partial charge in [0.25, 0.3) is 5.91 Å². The average molecular weight is 303 g/mol. The van der Waals surface area contributed by atoms with Crippen molar-refractivity contribution in [2.24, 2.45) is 0 Å². The van der Waals surface area contributed by atoms with Crippen molar-refractivity contribution in [1.82, 2.24) is 4.98 Å². The van der Waals surface area contributed by atoms with Crippen LogP contribution in [0.2, 0.25) is 0 Å². The fourth-order valence-corrected chi connectivity index (χ4v) is 1.55. The molecule has 2 rings (SSSR count). The minimum Gasteiger partial charge on any atom is -0.459 e. The normalized spacial score (nSPS) is 10.9. The van der Waals surface area contributed by atoms with Gasteiger partial charge in [-0.2, -0.15) is 0 Å². The molecule has 2 heterocycles. The Morgan fingerprint density at radius 1 is 1.18 bits per heavy atom. The van der Waals surface area contributed by atoms with E-state index in [-0.39, 0.29) is 11.7 Å². The van der Waals surface area contributed by atoms with Crippen LogP contribution in [-0.2, 0) is 4.74 Å². The summed E-state index contributed by atoms with van der Waals surface area (Å²) in [6, 6.07) is 6.35. The van der Waals surface area contributed by atoms with Crippen molar-refractivity contribution in [3.8, 4) is 0 Å². The molecule has 0 fully saturated rings. The highest BCUT2D eigenvalue weighted by atomic mass is 16.6. The molecule has 0 aliphatic carbocycles. The molecular formula is C15H17N3O4. The number of aromatic nitrogens is 1. The first kappa shape index (κ1) is 15.6. The second-order valence-corrected chi connectivity index (χ2v) is 5.49. The van der Waals surface area contributed by atoms with E-state index < -0.39 is 11.7 Å². The Balaban J connectivity index is 1.93. The summed E-state index contributed by atoms with van der Waals surface area (Å²) in [4.78, 5) is 27.4. The maximum Gasteiger partial charge on any atom is 0.413 e. The van der Waals surface area contributed by atoms with E-state index in [0.29, 0.717) is 11.5 Å². The lowest BCUT2D eigenvalue weighted by Crippen LogP contribution is -2.27. The number of rotatable bonds is 3. The number of anilines is 2. The first-order valence-corrected chi connectivity index (χ1v) is 6.64. The molecule has 2 aromatic heterocycles. The molecule has 2 N–H and O–H groups in total. The van der Waals surface area contributed by atoms with Gasteiger partial charge in [0, 0.05) is 0 Å². The van der Waals surface area contributed by atoms with Gasteiger partial charge in [-0.15, -0.1) is 0 Å². The fourth-order valence-electron chi connectivity index (χ4n) is 1.55. The lowest BCUT2D eigenvalue weighted by molar-refractivity contribution is 0.0635. The van der Waals surface area contributed by atoms with Crippen LogP contribution in [0.4, 0.5) is 16.3 Å². The number of carbonyl (C=O) groups excluding carboxylic acids is 2. The number of nitrogens with zero attached hydrogens (tertiary/aromatic N) is 1. The molecule has 0 bridgehead atoms. The first-order chi connectivity index (χ1) is 10.3. The van der Waals surface area contributed by atoms with Crippen LogP contribution < -0.4 is 10.6 Å². The highest BCUT2D eigenvalue weighted by Gasteiger charge is 2.16. The average Bonchev–Trinajstić information content (AvgIpc) is 2.92. The molecule has 7 heteroatoms. The van der Waals surface area contributed by atoms with Crippen molar-refractivity contribution in [3.05, 3.63) is 42.5 Å². The topological polar surface area (TPSA) is 93.5 Å². The SMILES string of the molecule is CC(C)(C)OC(=O)Nc1ccc(NC(=O)c2ccco2)cn1. The van der Waals surface area contributed by atoms with Crippen molar-refractivity contribution in [1.29, 1.82) is 0 Å².